The molecule has 1 rings (SSSR count). The molecule has 1 aromatic heterocycles. The van der Waals surface area contributed by atoms with E-state index in [4.69, 9.17) is 31.2 Å². The summed E-state index contributed by atoms with van der Waals surface area (Å²) in [6, 6.07) is 4.26. The highest BCUT2D eigenvalue weighted by Crippen LogP contribution is 2.00. The first-order valence-corrected chi connectivity index (χ1v) is 7.12. The maximum absolute atomic E-state index is 10.3. The molecular formula is C5H9NO9S3. The van der Waals surface area contributed by atoms with Crippen LogP contribution in [0.2, 0.25) is 0 Å². The molecule has 18 heavy (non-hydrogen) atoms. The van der Waals surface area contributed by atoms with Gasteiger partial charge >= 0.3 is 10.1 Å². The van der Waals surface area contributed by atoms with Gasteiger partial charge in [-0.3, -0.25) is 22.8 Å². The van der Waals surface area contributed by atoms with Crippen molar-refractivity contribution in [3.05, 3.63) is 24.4 Å². The van der Waals surface area contributed by atoms with Gasteiger partial charge in [-0.2, -0.15) is 16.8 Å². The molecular weight excluding hydrogens is 314 g/mol. The minimum absolute atomic E-state index is 0.324. The Morgan fingerprint density at radius 3 is 1.56 bits per heavy atom. The summed E-state index contributed by atoms with van der Waals surface area (Å²) in [5.41, 5.74) is 0. The molecule has 5 N–H and O–H groups in total. The van der Waals surface area contributed by atoms with Crippen LogP contribution in [-0.2, 0) is 32.8 Å². The normalized spacial score (nSPS) is 10.2. The fourth-order valence-corrected chi connectivity index (χ4v) is 0.944. The zero-order valence-electron chi connectivity index (χ0n) is 8.35. The first kappa shape index (κ1) is 19.5. The zero-order chi connectivity index (χ0) is 14.8. The summed E-state index contributed by atoms with van der Waals surface area (Å²) in [6.07, 6.45) is 1.29. The standard InChI is InChI=1S/C5H5NO3S.2H2O3S/c7-10(8,9)5-3-1-2-4-6-5;2*1-4(2)3/h1-4H,(H,7,8,9);2*(H2,1,2,3). The number of aromatic nitrogens is 1. The van der Waals surface area contributed by atoms with Gasteiger partial charge in [0.05, 0.1) is 0 Å². The second kappa shape index (κ2) is 10.2. The van der Waals surface area contributed by atoms with Crippen LogP contribution < -0.4 is 0 Å². The number of nitrogens with zero attached hydrogens (tertiary/aromatic N) is 1. The number of hydrogen-bond donors (Lipinski definition) is 5. The third-order valence-electron chi connectivity index (χ3n) is 0.902. The highest BCUT2D eigenvalue weighted by molar-refractivity contribution is 7.85. The van der Waals surface area contributed by atoms with E-state index in [9.17, 15) is 8.42 Å². The molecule has 10 nitrogen and oxygen atoms in total. The van der Waals surface area contributed by atoms with Crippen molar-refractivity contribution in [1.29, 1.82) is 0 Å². The molecule has 1 heterocycles. The van der Waals surface area contributed by atoms with Gasteiger partial charge in [-0.1, -0.05) is 6.07 Å². The molecule has 0 saturated carbocycles. The van der Waals surface area contributed by atoms with E-state index in [0.717, 1.165) is 0 Å². The second-order valence-corrected chi connectivity index (χ2v) is 4.40. The predicted molar refractivity (Wildman–Crippen MR) is 60.9 cm³/mol. The molecule has 0 bridgehead atoms. The van der Waals surface area contributed by atoms with Crippen LogP contribution in [0.15, 0.2) is 29.4 Å². The second-order valence-electron chi connectivity index (χ2n) is 2.10. The Kier molecular flexibility index (Phi) is 11.0. The van der Waals surface area contributed by atoms with E-state index in [1.807, 2.05) is 0 Å². The summed E-state index contributed by atoms with van der Waals surface area (Å²) in [5, 5.41) is -0.324. The molecule has 0 radical (unpaired) electrons. The molecule has 0 aliphatic carbocycles. The van der Waals surface area contributed by atoms with Crippen LogP contribution in [0.4, 0.5) is 0 Å². The number of pyridine rings is 1. The van der Waals surface area contributed by atoms with Crippen molar-refractivity contribution < 1.29 is 39.6 Å². The van der Waals surface area contributed by atoms with E-state index in [1.165, 1.54) is 18.3 Å². The van der Waals surface area contributed by atoms with Crippen LogP contribution in [0.1, 0.15) is 0 Å². The third kappa shape index (κ3) is 17.6. The van der Waals surface area contributed by atoms with E-state index in [1.54, 1.807) is 6.07 Å². The fourth-order valence-electron chi connectivity index (χ4n) is 0.500. The number of hydrogen-bond acceptors (Lipinski definition) is 5. The molecule has 0 saturated heterocycles. The van der Waals surface area contributed by atoms with Crippen LogP contribution >= 0.6 is 0 Å². The maximum Gasteiger partial charge on any atom is 0.312 e. The van der Waals surface area contributed by atoms with Gasteiger partial charge in [-0.25, -0.2) is 4.98 Å². The molecule has 0 aliphatic rings. The lowest BCUT2D eigenvalue weighted by atomic mass is 10.5. The van der Waals surface area contributed by atoms with Crippen molar-refractivity contribution in [1.82, 2.24) is 4.98 Å². The average Bonchev–Trinajstić information content (AvgIpc) is 2.16. The van der Waals surface area contributed by atoms with E-state index in [2.05, 4.69) is 4.98 Å². The Hall–Kier alpha value is -0.800. The Morgan fingerprint density at radius 1 is 1.00 bits per heavy atom. The summed E-state index contributed by atoms with van der Waals surface area (Å²) in [5.74, 6) is 0. The molecule has 0 aliphatic heterocycles. The minimum Gasteiger partial charge on any atom is -0.284 e. The van der Waals surface area contributed by atoms with Gasteiger partial charge in [0.2, 0.25) is 0 Å². The van der Waals surface area contributed by atoms with Crippen molar-refractivity contribution in [3.63, 3.8) is 0 Å². The van der Waals surface area contributed by atoms with Crippen molar-refractivity contribution in [2.24, 2.45) is 0 Å². The van der Waals surface area contributed by atoms with Crippen molar-refractivity contribution in [2.75, 3.05) is 0 Å². The quantitative estimate of drug-likeness (QED) is 0.339. The molecule has 0 fully saturated rings. The Labute approximate surface area is 107 Å². The zero-order valence-corrected chi connectivity index (χ0v) is 10.8. The molecule has 0 spiro atoms. The van der Waals surface area contributed by atoms with E-state index in [0.29, 0.717) is 0 Å². The highest BCUT2D eigenvalue weighted by Gasteiger charge is 2.07. The molecule has 0 atom stereocenters. The molecule has 13 heteroatoms. The number of rotatable bonds is 1. The molecule has 1 aromatic rings. The van der Waals surface area contributed by atoms with E-state index >= 15 is 0 Å². The van der Waals surface area contributed by atoms with E-state index in [-0.39, 0.29) is 5.03 Å². The Bertz CT molecular complexity index is 452. The molecule has 0 amide bonds. The van der Waals surface area contributed by atoms with Gasteiger partial charge < -0.3 is 0 Å². The first-order valence-electron chi connectivity index (χ1n) is 3.55. The van der Waals surface area contributed by atoms with Crippen molar-refractivity contribution >= 4 is 32.8 Å². The van der Waals surface area contributed by atoms with Crippen LogP contribution in [-0.4, -0.2) is 44.6 Å². The van der Waals surface area contributed by atoms with Crippen molar-refractivity contribution in [3.8, 4) is 0 Å². The molecule has 0 aromatic carbocycles. The average molecular weight is 323 g/mol. The minimum atomic E-state index is -4.11. The lowest BCUT2D eigenvalue weighted by molar-refractivity contribution is 0.452. The van der Waals surface area contributed by atoms with E-state index < -0.39 is 32.8 Å². The fraction of sp³-hybridized carbons (Fsp3) is 0. The van der Waals surface area contributed by atoms with Gasteiger partial charge in [0.1, 0.15) is 0 Å². The van der Waals surface area contributed by atoms with Gasteiger partial charge in [0.15, 0.2) is 5.03 Å². The summed E-state index contributed by atoms with van der Waals surface area (Å²) in [6.45, 7) is 0. The third-order valence-corrected chi connectivity index (χ3v) is 1.67. The van der Waals surface area contributed by atoms with Gasteiger partial charge in [-0.05, 0) is 12.1 Å². The van der Waals surface area contributed by atoms with Crippen LogP contribution in [0.3, 0.4) is 0 Å². The first-order chi connectivity index (χ1) is 8.07. The summed E-state index contributed by atoms with van der Waals surface area (Å²) in [7, 11) is -4.11. The lowest BCUT2D eigenvalue weighted by Gasteiger charge is -1.91. The Balaban J connectivity index is 0. The largest absolute Gasteiger partial charge is 0.312 e. The van der Waals surface area contributed by atoms with Gasteiger partial charge in [0.25, 0.3) is 22.7 Å². The lowest BCUT2D eigenvalue weighted by Crippen LogP contribution is -1.99. The van der Waals surface area contributed by atoms with Crippen LogP contribution in [0, 0.1) is 0 Å². The van der Waals surface area contributed by atoms with Gasteiger partial charge in [0, 0.05) is 6.20 Å². The molecule has 106 valence electrons. The summed E-state index contributed by atoms with van der Waals surface area (Å²) >= 11 is -5.22. The SMILES string of the molecule is O=S(=O)(O)c1ccccn1.O=S(O)O.O=S(O)O. The predicted octanol–water partition coefficient (Wildman–Crippen LogP) is -0.309. The smallest absolute Gasteiger partial charge is 0.284 e. The molecule has 0 unspecified atom stereocenters. The Morgan fingerprint density at radius 2 is 1.39 bits per heavy atom. The van der Waals surface area contributed by atoms with Crippen LogP contribution in [0.25, 0.3) is 0 Å². The summed E-state index contributed by atoms with van der Waals surface area (Å²) < 4.78 is 74.7. The topological polar surface area (TPSA) is 182 Å². The van der Waals surface area contributed by atoms with Gasteiger partial charge in [-0.15, -0.1) is 0 Å². The highest BCUT2D eigenvalue weighted by atomic mass is 32.2. The monoisotopic (exact) mass is 323 g/mol. The van der Waals surface area contributed by atoms with Crippen molar-refractivity contribution in [2.45, 2.75) is 5.03 Å². The maximum atomic E-state index is 10.3. The van der Waals surface area contributed by atoms with Crippen LogP contribution in [0.5, 0.6) is 0 Å². The summed E-state index contributed by atoms with van der Waals surface area (Å²) in [4.78, 5) is 3.41.